The smallest absolute Gasteiger partial charge is 0.0159 e. The van der Waals surface area contributed by atoms with Gasteiger partial charge in [0.05, 0.1) is 0 Å². The van der Waals surface area contributed by atoms with E-state index in [0.717, 1.165) is 18.4 Å². The molecule has 2 fully saturated rings. The number of nitrogens with zero attached hydrogens (tertiary/aromatic N) is 1. The van der Waals surface area contributed by atoms with Crippen molar-refractivity contribution < 1.29 is 0 Å². The van der Waals surface area contributed by atoms with Crippen molar-refractivity contribution in [1.29, 1.82) is 0 Å². The van der Waals surface area contributed by atoms with Gasteiger partial charge in [-0.05, 0) is 62.4 Å². The molecule has 2 heteroatoms. The Bertz CT molecular complexity index is 283. The molecule has 0 heterocycles. The summed E-state index contributed by atoms with van der Waals surface area (Å²) in [6.45, 7) is 14.6. The molecule has 0 spiro atoms. The summed E-state index contributed by atoms with van der Waals surface area (Å²) in [4.78, 5) is 2.77. The van der Waals surface area contributed by atoms with Gasteiger partial charge in [-0.25, -0.2) is 0 Å². The zero-order valence-corrected chi connectivity index (χ0v) is 14.3. The van der Waals surface area contributed by atoms with Crippen LogP contribution in [0.5, 0.6) is 0 Å². The molecule has 0 aromatic carbocycles. The molecule has 0 bridgehead atoms. The van der Waals surface area contributed by atoms with Crippen molar-refractivity contribution in [3.63, 3.8) is 0 Å². The Labute approximate surface area is 126 Å². The molecule has 0 aromatic rings. The maximum absolute atomic E-state index is 3.81. The van der Waals surface area contributed by atoms with Gasteiger partial charge in [0, 0.05) is 19.1 Å². The molecule has 2 aliphatic rings. The van der Waals surface area contributed by atoms with E-state index in [2.05, 4.69) is 37.9 Å². The van der Waals surface area contributed by atoms with Gasteiger partial charge < -0.3 is 10.2 Å². The predicted molar refractivity (Wildman–Crippen MR) is 88.0 cm³/mol. The van der Waals surface area contributed by atoms with E-state index >= 15 is 0 Å². The topological polar surface area (TPSA) is 15.3 Å². The fraction of sp³-hybridized carbons (Fsp3) is 1.00. The van der Waals surface area contributed by atoms with Gasteiger partial charge in [0.2, 0.25) is 0 Å². The summed E-state index contributed by atoms with van der Waals surface area (Å²) in [5.41, 5.74) is 0.469. The molecule has 1 N–H and O–H groups in total. The largest absolute Gasteiger partial charge is 0.313 e. The van der Waals surface area contributed by atoms with Gasteiger partial charge in [0.1, 0.15) is 0 Å². The summed E-state index contributed by atoms with van der Waals surface area (Å²) >= 11 is 0. The standard InChI is InChI=1S/C18H36N2/c1-5-12-20(13-15-9-10-15)14-16-8-7-11-18(3,4)17(16)19-6-2/h15-17,19H,5-14H2,1-4H3. The fourth-order valence-corrected chi connectivity index (χ4v) is 4.21. The molecule has 0 aliphatic heterocycles. The summed E-state index contributed by atoms with van der Waals surface area (Å²) in [7, 11) is 0. The van der Waals surface area contributed by atoms with Crippen LogP contribution in [0.4, 0.5) is 0 Å². The molecule has 2 aliphatic carbocycles. The second kappa shape index (κ2) is 7.26. The molecule has 0 amide bonds. The lowest BCUT2D eigenvalue weighted by Gasteiger charge is -2.46. The lowest BCUT2D eigenvalue weighted by Crippen LogP contribution is -2.53. The lowest BCUT2D eigenvalue weighted by molar-refractivity contribution is 0.0782. The first-order valence-electron chi connectivity index (χ1n) is 9.02. The second-order valence-corrected chi connectivity index (χ2v) is 7.88. The van der Waals surface area contributed by atoms with E-state index in [9.17, 15) is 0 Å². The molecule has 0 saturated heterocycles. The first-order chi connectivity index (χ1) is 9.56. The maximum atomic E-state index is 3.81. The summed E-state index contributed by atoms with van der Waals surface area (Å²) in [5, 5.41) is 3.81. The summed E-state index contributed by atoms with van der Waals surface area (Å²) < 4.78 is 0. The van der Waals surface area contributed by atoms with E-state index in [1.807, 2.05) is 0 Å². The van der Waals surface area contributed by atoms with Crippen molar-refractivity contribution in [1.82, 2.24) is 10.2 Å². The van der Waals surface area contributed by atoms with Crippen LogP contribution >= 0.6 is 0 Å². The number of hydrogen-bond donors (Lipinski definition) is 1. The first-order valence-corrected chi connectivity index (χ1v) is 9.02. The molecule has 0 aromatic heterocycles. The van der Waals surface area contributed by atoms with Crippen LogP contribution in [0.2, 0.25) is 0 Å². The van der Waals surface area contributed by atoms with E-state index in [1.54, 1.807) is 0 Å². The van der Waals surface area contributed by atoms with Crippen LogP contribution in [0, 0.1) is 17.3 Å². The van der Waals surface area contributed by atoms with Crippen LogP contribution < -0.4 is 5.32 Å². The highest BCUT2D eigenvalue weighted by Gasteiger charge is 2.39. The Morgan fingerprint density at radius 2 is 1.85 bits per heavy atom. The Morgan fingerprint density at radius 1 is 1.10 bits per heavy atom. The van der Waals surface area contributed by atoms with Gasteiger partial charge in [0.15, 0.2) is 0 Å². The molecule has 118 valence electrons. The average Bonchev–Trinajstić information content (AvgIpc) is 3.17. The van der Waals surface area contributed by atoms with Crippen LogP contribution in [0.1, 0.15) is 66.2 Å². The van der Waals surface area contributed by atoms with Crippen molar-refractivity contribution in [2.24, 2.45) is 17.3 Å². The quantitative estimate of drug-likeness (QED) is 0.725. The third-order valence-corrected chi connectivity index (χ3v) is 5.38. The molecule has 2 saturated carbocycles. The molecule has 2 unspecified atom stereocenters. The number of nitrogens with one attached hydrogen (secondary N) is 1. The van der Waals surface area contributed by atoms with E-state index in [4.69, 9.17) is 0 Å². The van der Waals surface area contributed by atoms with E-state index in [-0.39, 0.29) is 0 Å². The average molecular weight is 280 g/mol. The fourth-order valence-electron chi connectivity index (χ4n) is 4.21. The van der Waals surface area contributed by atoms with Gasteiger partial charge >= 0.3 is 0 Å². The van der Waals surface area contributed by atoms with Gasteiger partial charge in [-0.2, -0.15) is 0 Å². The summed E-state index contributed by atoms with van der Waals surface area (Å²) in [6.07, 6.45) is 8.49. The van der Waals surface area contributed by atoms with Crippen molar-refractivity contribution in [2.45, 2.75) is 72.3 Å². The zero-order chi connectivity index (χ0) is 14.6. The van der Waals surface area contributed by atoms with Gasteiger partial charge in [-0.15, -0.1) is 0 Å². The highest BCUT2D eigenvalue weighted by atomic mass is 15.1. The SMILES string of the molecule is CCCN(CC1CC1)CC1CCCC(C)(C)C1NCC. The Balaban J connectivity index is 1.95. The van der Waals surface area contributed by atoms with E-state index in [0.29, 0.717) is 11.5 Å². The molecule has 2 nitrogen and oxygen atoms in total. The van der Waals surface area contributed by atoms with Crippen LogP contribution in [-0.4, -0.2) is 37.1 Å². The molecule has 2 atom stereocenters. The monoisotopic (exact) mass is 280 g/mol. The Morgan fingerprint density at radius 3 is 2.45 bits per heavy atom. The van der Waals surface area contributed by atoms with Gasteiger partial charge in [-0.1, -0.05) is 34.1 Å². The van der Waals surface area contributed by atoms with Crippen molar-refractivity contribution in [2.75, 3.05) is 26.2 Å². The minimum Gasteiger partial charge on any atom is -0.313 e. The third-order valence-electron chi connectivity index (χ3n) is 5.38. The summed E-state index contributed by atoms with van der Waals surface area (Å²) in [5.74, 6) is 1.87. The van der Waals surface area contributed by atoms with E-state index < -0.39 is 0 Å². The van der Waals surface area contributed by atoms with Crippen molar-refractivity contribution >= 4 is 0 Å². The van der Waals surface area contributed by atoms with Crippen LogP contribution in [-0.2, 0) is 0 Å². The molecular weight excluding hydrogens is 244 g/mol. The first kappa shape index (κ1) is 16.3. The minimum atomic E-state index is 0.469. The third kappa shape index (κ3) is 4.46. The second-order valence-electron chi connectivity index (χ2n) is 7.88. The van der Waals surface area contributed by atoms with Crippen molar-refractivity contribution in [3.8, 4) is 0 Å². The summed E-state index contributed by atoms with van der Waals surface area (Å²) in [6, 6.07) is 0.708. The Hall–Kier alpha value is -0.0800. The number of rotatable bonds is 8. The van der Waals surface area contributed by atoms with Gasteiger partial charge in [-0.3, -0.25) is 0 Å². The predicted octanol–water partition coefficient (Wildman–Crippen LogP) is 3.91. The molecule has 0 radical (unpaired) electrons. The Kier molecular flexibility index (Phi) is 5.92. The van der Waals surface area contributed by atoms with Crippen molar-refractivity contribution in [3.05, 3.63) is 0 Å². The van der Waals surface area contributed by atoms with Crippen LogP contribution in [0.15, 0.2) is 0 Å². The maximum Gasteiger partial charge on any atom is 0.0159 e. The molecule has 20 heavy (non-hydrogen) atoms. The number of hydrogen-bond acceptors (Lipinski definition) is 2. The normalized spacial score (nSPS) is 29.9. The lowest BCUT2D eigenvalue weighted by atomic mass is 9.67. The van der Waals surface area contributed by atoms with Crippen LogP contribution in [0.3, 0.4) is 0 Å². The minimum absolute atomic E-state index is 0.469. The highest BCUT2D eigenvalue weighted by Crippen LogP contribution is 2.40. The van der Waals surface area contributed by atoms with E-state index in [1.165, 1.54) is 58.2 Å². The van der Waals surface area contributed by atoms with Gasteiger partial charge in [0.25, 0.3) is 0 Å². The van der Waals surface area contributed by atoms with Crippen LogP contribution in [0.25, 0.3) is 0 Å². The molecular formula is C18H36N2. The highest BCUT2D eigenvalue weighted by molar-refractivity contribution is 4.94. The molecule has 2 rings (SSSR count). The zero-order valence-electron chi connectivity index (χ0n) is 14.3.